The average molecular weight is 189 g/mol. The van der Waals surface area contributed by atoms with Gasteiger partial charge in [0.15, 0.2) is 0 Å². The summed E-state index contributed by atoms with van der Waals surface area (Å²) in [7, 11) is 0. The Balaban J connectivity index is 2.16. The van der Waals surface area contributed by atoms with E-state index >= 15 is 0 Å². The second-order valence-corrected chi connectivity index (χ2v) is 4.71. The Hall–Kier alpha value is -0.820. The van der Waals surface area contributed by atoms with Crippen LogP contribution in [0.25, 0.3) is 0 Å². The van der Waals surface area contributed by atoms with Crippen molar-refractivity contribution < 1.29 is 0 Å². The molecule has 2 unspecified atom stereocenters. The molecule has 0 spiro atoms. The second-order valence-electron chi connectivity index (χ2n) is 4.71. The molecular weight excluding hydrogens is 170 g/mol. The molecule has 0 aliphatic carbocycles. The lowest BCUT2D eigenvalue weighted by Crippen LogP contribution is -2.48. The Morgan fingerprint density at radius 1 is 1.36 bits per heavy atom. The van der Waals surface area contributed by atoms with Crippen LogP contribution in [0.15, 0.2) is 24.3 Å². The maximum Gasteiger partial charge on any atom is 0.0363 e. The molecule has 14 heavy (non-hydrogen) atoms. The van der Waals surface area contributed by atoms with Gasteiger partial charge < -0.3 is 5.32 Å². The van der Waals surface area contributed by atoms with Crippen molar-refractivity contribution in [3.8, 4) is 0 Å². The molecule has 1 heterocycles. The van der Waals surface area contributed by atoms with Crippen molar-refractivity contribution in [3.63, 3.8) is 0 Å². The molecule has 1 fully saturated rings. The minimum atomic E-state index is 0.592. The van der Waals surface area contributed by atoms with Gasteiger partial charge in [-0.1, -0.05) is 43.7 Å². The molecule has 2 rings (SSSR count). The predicted octanol–water partition coefficient (Wildman–Crippen LogP) is 2.91. The van der Waals surface area contributed by atoms with Crippen molar-refractivity contribution in [1.82, 2.24) is 5.32 Å². The number of rotatable bonds is 2. The number of benzene rings is 1. The van der Waals surface area contributed by atoms with E-state index in [-0.39, 0.29) is 0 Å². The standard InChI is InChI=1S/C13H19N/c1-9(2)12-8-14-13(12)11-6-4-5-10(3)7-11/h4-7,9,12-14H,8H2,1-3H3. The Morgan fingerprint density at radius 3 is 2.64 bits per heavy atom. The molecule has 1 heteroatoms. The lowest BCUT2D eigenvalue weighted by molar-refractivity contribution is 0.174. The highest BCUT2D eigenvalue weighted by Gasteiger charge is 2.33. The highest BCUT2D eigenvalue weighted by atomic mass is 15.0. The van der Waals surface area contributed by atoms with Crippen LogP contribution in [0, 0.1) is 18.8 Å². The van der Waals surface area contributed by atoms with Gasteiger partial charge in [-0.15, -0.1) is 0 Å². The highest BCUT2D eigenvalue weighted by Crippen LogP contribution is 2.34. The van der Waals surface area contributed by atoms with Gasteiger partial charge in [0, 0.05) is 12.6 Å². The van der Waals surface area contributed by atoms with E-state index in [0.717, 1.165) is 11.8 Å². The lowest BCUT2D eigenvalue weighted by Gasteiger charge is -2.41. The second kappa shape index (κ2) is 3.74. The van der Waals surface area contributed by atoms with Gasteiger partial charge in [-0.3, -0.25) is 0 Å². The third-order valence-electron chi connectivity index (χ3n) is 3.26. The van der Waals surface area contributed by atoms with E-state index in [1.54, 1.807) is 0 Å². The number of hydrogen-bond acceptors (Lipinski definition) is 1. The smallest absolute Gasteiger partial charge is 0.0363 e. The van der Waals surface area contributed by atoms with Gasteiger partial charge in [-0.2, -0.15) is 0 Å². The Bertz CT molecular complexity index is 317. The first kappa shape index (κ1) is 9.72. The fourth-order valence-corrected chi connectivity index (χ4v) is 2.22. The van der Waals surface area contributed by atoms with Crippen LogP contribution in [-0.2, 0) is 0 Å². The van der Waals surface area contributed by atoms with E-state index in [1.165, 1.54) is 17.7 Å². The van der Waals surface area contributed by atoms with E-state index in [1.807, 2.05) is 0 Å². The molecule has 1 aromatic carbocycles. The van der Waals surface area contributed by atoms with Gasteiger partial charge in [0.25, 0.3) is 0 Å². The summed E-state index contributed by atoms with van der Waals surface area (Å²) >= 11 is 0. The SMILES string of the molecule is Cc1cccc(C2NCC2C(C)C)c1. The Kier molecular flexibility index (Phi) is 2.60. The average Bonchev–Trinajstić information content (AvgIpc) is 2.00. The molecule has 1 N–H and O–H groups in total. The summed E-state index contributed by atoms with van der Waals surface area (Å²) in [6.45, 7) is 7.96. The van der Waals surface area contributed by atoms with Crippen LogP contribution >= 0.6 is 0 Å². The van der Waals surface area contributed by atoms with Crippen LogP contribution in [0.1, 0.15) is 31.0 Å². The quantitative estimate of drug-likeness (QED) is 0.754. The zero-order valence-electron chi connectivity index (χ0n) is 9.25. The van der Waals surface area contributed by atoms with E-state index in [2.05, 4.69) is 50.4 Å². The molecule has 1 aliphatic rings. The minimum absolute atomic E-state index is 0.592. The molecule has 0 radical (unpaired) electrons. The topological polar surface area (TPSA) is 12.0 Å². The fraction of sp³-hybridized carbons (Fsp3) is 0.538. The van der Waals surface area contributed by atoms with Crippen molar-refractivity contribution >= 4 is 0 Å². The molecule has 0 saturated carbocycles. The Morgan fingerprint density at radius 2 is 2.14 bits per heavy atom. The van der Waals surface area contributed by atoms with Crippen molar-refractivity contribution in [2.75, 3.05) is 6.54 Å². The number of aryl methyl sites for hydroxylation is 1. The lowest BCUT2D eigenvalue weighted by atomic mass is 9.78. The summed E-state index contributed by atoms with van der Waals surface area (Å²) in [5, 5.41) is 3.52. The Labute approximate surface area is 86.5 Å². The molecule has 1 aromatic rings. The first-order chi connectivity index (χ1) is 6.68. The summed E-state index contributed by atoms with van der Waals surface area (Å²) in [4.78, 5) is 0. The molecule has 2 atom stereocenters. The van der Waals surface area contributed by atoms with Gasteiger partial charge in [0.2, 0.25) is 0 Å². The van der Waals surface area contributed by atoms with Gasteiger partial charge in [0.1, 0.15) is 0 Å². The van der Waals surface area contributed by atoms with E-state index < -0.39 is 0 Å². The predicted molar refractivity (Wildman–Crippen MR) is 60.3 cm³/mol. The maximum atomic E-state index is 3.52. The van der Waals surface area contributed by atoms with Gasteiger partial charge >= 0.3 is 0 Å². The largest absolute Gasteiger partial charge is 0.309 e. The molecule has 1 nitrogen and oxygen atoms in total. The zero-order valence-corrected chi connectivity index (χ0v) is 9.25. The maximum absolute atomic E-state index is 3.52. The molecule has 76 valence electrons. The van der Waals surface area contributed by atoms with Crippen LogP contribution in [0.5, 0.6) is 0 Å². The van der Waals surface area contributed by atoms with Crippen molar-refractivity contribution in [2.45, 2.75) is 26.8 Å². The van der Waals surface area contributed by atoms with E-state index in [4.69, 9.17) is 0 Å². The third-order valence-corrected chi connectivity index (χ3v) is 3.26. The van der Waals surface area contributed by atoms with Crippen LogP contribution in [0.3, 0.4) is 0 Å². The summed E-state index contributed by atoms with van der Waals surface area (Å²) in [5.41, 5.74) is 2.81. The summed E-state index contributed by atoms with van der Waals surface area (Å²) in [6.07, 6.45) is 0. The molecule has 1 aliphatic heterocycles. The van der Waals surface area contributed by atoms with E-state index in [9.17, 15) is 0 Å². The summed E-state index contributed by atoms with van der Waals surface area (Å²) in [6, 6.07) is 9.44. The molecular formula is C13H19N. The number of nitrogens with one attached hydrogen (secondary N) is 1. The van der Waals surface area contributed by atoms with Gasteiger partial charge in [0.05, 0.1) is 0 Å². The normalized spacial score (nSPS) is 26.3. The van der Waals surface area contributed by atoms with Crippen molar-refractivity contribution in [3.05, 3.63) is 35.4 Å². The van der Waals surface area contributed by atoms with Gasteiger partial charge in [-0.05, 0) is 24.3 Å². The van der Waals surface area contributed by atoms with Crippen LogP contribution in [-0.4, -0.2) is 6.54 Å². The molecule has 1 saturated heterocycles. The molecule has 0 aromatic heterocycles. The van der Waals surface area contributed by atoms with E-state index in [0.29, 0.717) is 6.04 Å². The van der Waals surface area contributed by atoms with Crippen LogP contribution in [0.4, 0.5) is 0 Å². The first-order valence-electron chi connectivity index (χ1n) is 5.48. The minimum Gasteiger partial charge on any atom is -0.309 e. The molecule has 0 amide bonds. The monoisotopic (exact) mass is 189 g/mol. The van der Waals surface area contributed by atoms with Crippen LogP contribution < -0.4 is 5.32 Å². The molecule has 0 bridgehead atoms. The summed E-state index contributed by atoms with van der Waals surface area (Å²) < 4.78 is 0. The van der Waals surface area contributed by atoms with Crippen LogP contribution in [0.2, 0.25) is 0 Å². The van der Waals surface area contributed by atoms with Gasteiger partial charge in [-0.25, -0.2) is 0 Å². The fourth-order valence-electron chi connectivity index (χ4n) is 2.22. The van der Waals surface area contributed by atoms with Crippen molar-refractivity contribution in [2.24, 2.45) is 11.8 Å². The first-order valence-corrected chi connectivity index (χ1v) is 5.48. The van der Waals surface area contributed by atoms with Crippen molar-refractivity contribution in [1.29, 1.82) is 0 Å². The third kappa shape index (κ3) is 1.69. The summed E-state index contributed by atoms with van der Waals surface area (Å²) in [5.74, 6) is 1.60. The highest BCUT2D eigenvalue weighted by molar-refractivity contribution is 5.27. The zero-order chi connectivity index (χ0) is 10.1. The number of hydrogen-bond donors (Lipinski definition) is 1.